The molecule has 0 aromatic carbocycles. The maximum atomic E-state index is 2.17. The summed E-state index contributed by atoms with van der Waals surface area (Å²) in [6, 6.07) is 0. The molecule has 5 heavy (non-hydrogen) atoms. The Hall–Kier alpha value is -0.0400. The highest BCUT2D eigenvalue weighted by Crippen LogP contribution is 1.81. The molecule has 0 saturated heterocycles. The Kier molecular flexibility index (Phi) is 7.03. The summed E-state index contributed by atoms with van der Waals surface area (Å²) in [6.07, 6.45) is 0. The Morgan fingerprint density at radius 2 is 1.00 bits per heavy atom. The molecule has 0 aromatic heterocycles. The van der Waals surface area contributed by atoms with Crippen molar-refractivity contribution in [3.8, 4) is 0 Å². The molecule has 0 aliphatic rings. The van der Waals surface area contributed by atoms with E-state index in [1.54, 1.807) is 0 Å². The first-order chi connectivity index (χ1) is 1.73. The van der Waals surface area contributed by atoms with E-state index in [4.69, 9.17) is 0 Å². The standard InChI is InChI=1S/C4H10.H2O/c1-4(2)3;/h4H,1-3H3;1H2. The number of rotatable bonds is 0. The summed E-state index contributed by atoms with van der Waals surface area (Å²) in [5, 5.41) is 0. The lowest BCUT2D eigenvalue weighted by Crippen LogP contribution is -1.66. The van der Waals surface area contributed by atoms with Crippen LogP contribution in [0.2, 0.25) is 0 Å². The molecule has 1 heteroatoms. The molecule has 0 radical (unpaired) electrons. The van der Waals surface area contributed by atoms with Crippen molar-refractivity contribution in [1.82, 2.24) is 0 Å². The zero-order valence-electron chi connectivity index (χ0n) is 4.08. The van der Waals surface area contributed by atoms with Crippen LogP contribution < -0.4 is 0 Å². The van der Waals surface area contributed by atoms with Crippen molar-refractivity contribution >= 4 is 0 Å². The maximum absolute atomic E-state index is 2.17. The molecule has 0 spiro atoms. The van der Waals surface area contributed by atoms with Gasteiger partial charge in [-0.3, -0.25) is 0 Å². The van der Waals surface area contributed by atoms with E-state index in [0.29, 0.717) is 0 Å². The van der Waals surface area contributed by atoms with E-state index in [9.17, 15) is 0 Å². The normalized spacial score (nSPS) is 7.20. The highest BCUT2D eigenvalue weighted by molar-refractivity contribution is 4.20. The van der Waals surface area contributed by atoms with Crippen LogP contribution in [0.25, 0.3) is 0 Å². The topological polar surface area (TPSA) is 31.5 Å². The third-order valence-corrected chi connectivity index (χ3v) is 0. The Morgan fingerprint density at radius 3 is 1.00 bits per heavy atom. The highest BCUT2D eigenvalue weighted by Gasteiger charge is 1.68. The van der Waals surface area contributed by atoms with Crippen LogP contribution in [0.1, 0.15) is 20.8 Å². The van der Waals surface area contributed by atoms with Gasteiger partial charge in [-0.1, -0.05) is 20.8 Å². The molecular formula is C4H12O. The second-order valence-electron chi connectivity index (χ2n) is 1.73. The maximum Gasteiger partial charge on any atom is -0.0500 e. The molecule has 0 aliphatic heterocycles. The molecule has 0 aromatic rings. The minimum atomic E-state index is 0. The van der Waals surface area contributed by atoms with E-state index in [2.05, 4.69) is 20.8 Å². The zero-order chi connectivity index (χ0) is 3.58. The van der Waals surface area contributed by atoms with Crippen LogP contribution in [-0.2, 0) is 0 Å². The molecule has 0 atom stereocenters. The monoisotopic (exact) mass is 76.1 g/mol. The van der Waals surface area contributed by atoms with Gasteiger partial charge in [0, 0.05) is 0 Å². The molecule has 0 bridgehead atoms. The van der Waals surface area contributed by atoms with Gasteiger partial charge < -0.3 is 5.48 Å². The van der Waals surface area contributed by atoms with Crippen molar-refractivity contribution in [2.24, 2.45) is 5.92 Å². The van der Waals surface area contributed by atoms with Crippen molar-refractivity contribution < 1.29 is 5.48 Å². The SMILES string of the molecule is CC(C)C.O. The van der Waals surface area contributed by atoms with Gasteiger partial charge in [-0.25, -0.2) is 0 Å². The van der Waals surface area contributed by atoms with Crippen molar-refractivity contribution in [1.29, 1.82) is 0 Å². The second kappa shape index (κ2) is 3.96. The minimum Gasteiger partial charge on any atom is -0.412 e. The van der Waals surface area contributed by atoms with Gasteiger partial charge in [-0.05, 0) is 5.92 Å². The van der Waals surface area contributed by atoms with Gasteiger partial charge in [-0.15, -0.1) is 0 Å². The molecule has 0 rings (SSSR count). The summed E-state index contributed by atoms with van der Waals surface area (Å²) in [4.78, 5) is 0. The first kappa shape index (κ1) is 8.88. The quantitative estimate of drug-likeness (QED) is 0.409. The van der Waals surface area contributed by atoms with Gasteiger partial charge in [0.05, 0.1) is 0 Å². The fourth-order valence-electron chi connectivity index (χ4n) is 0. The summed E-state index contributed by atoms with van der Waals surface area (Å²) in [7, 11) is 0. The number of hydrogen-bond donors (Lipinski definition) is 0. The van der Waals surface area contributed by atoms with Crippen LogP contribution in [0.15, 0.2) is 0 Å². The van der Waals surface area contributed by atoms with E-state index in [-0.39, 0.29) is 5.48 Å². The molecular weight excluding hydrogens is 64.0 g/mol. The third-order valence-electron chi connectivity index (χ3n) is 0. The van der Waals surface area contributed by atoms with Gasteiger partial charge in [-0.2, -0.15) is 0 Å². The summed E-state index contributed by atoms with van der Waals surface area (Å²) < 4.78 is 0. The molecule has 1 nitrogen and oxygen atoms in total. The Balaban J connectivity index is 0. The Bertz CT molecular complexity index is 8.36. The predicted molar refractivity (Wildman–Crippen MR) is 24.1 cm³/mol. The summed E-state index contributed by atoms with van der Waals surface area (Å²) >= 11 is 0. The smallest absolute Gasteiger partial charge is 0.0500 e. The molecule has 34 valence electrons. The minimum absolute atomic E-state index is 0. The Labute approximate surface area is 33.3 Å². The molecule has 2 N–H and O–H groups in total. The van der Waals surface area contributed by atoms with Gasteiger partial charge in [0.25, 0.3) is 0 Å². The van der Waals surface area contributed by atoms with Crippen LogP contribution >= 0.6 is 0 Å². The first-order valence-electron chi connectivity index (χ1n) is 1.73. The molecule has 0 fully saturated rings. The average Bonchev–Trinajstić information content (AvgIpc) is 0.811. The molecule has 0 aliphatic carbocycles. The summed E-state index contributed by atoms with van der Waals surface area (Å²) in [5.74, 6) is 0.833. The van der Waals surface area contributed by atoms with E-state index in [1.807, 2.05) is 0 Å². The van der Waals surface area contributed by atoms with E-state index in [0.717, 1.165) is 5.92 Å². The van der Waals surface area contributed by atoms with Crippen LogP contribution in [0, 0.1) is 5.92 Å². The van der Waals surface area contributed by atoms with E-state index in [1.165, 1.54) is 0 Å². The zero-order valence-corrected chi connectivity index (χ0v) is 4.08. The lowest BCUT2D eigenvalue weighted by molar-refractivity contribution is 0.737. The molecule has 0 amide bonds. The lowest BCUT2D eigenvalue weighted by atomic mass is 10.3. The number of hydrogen-bond acceptors (Lipinski definition) is 0. The van der Waals surface area contributed by atoms with Crippen LogP contribution in [0.4, 0.5) is 0 Å². The van der Waals surface area contributed by atoms with Crippen LogP contribution in [0.5, 0.6) is 0 Å². The molecule has 0 saturated carbocycles. The van der Waals surface area contributed by atoms with Gasteiger partial charge in [0.1, 0.15) is 0 Å². The fraction of sp³-hybridized carbons (Fsp3) is 1.00. The first-order valence-corrected chi connectivity index (χ1v) is 1.73. The van der Waals surface area contributed by atoms with E-state index >= 15 is 0 Å². The summed E-state index contributed by atoms with van der Waals surface area (Å²) in [5.41, 5.74) is 0. The Morgan fingerprint density at radius 1 is 1.00 bits per heavy atom. The predicted octanol–water partition coefficient (Wildman–Crippen LogP) is 0.838. The van der Waals surface area contributed by atoms with Gasteiger partial charge in [0.2, 0.25) is 0 Å². The fourth-order valence-corrected chi connectivity index (χ4v) is 0. The van der Waals surface area contributed by atoms with Crippen LogP contribution in [0.3, 0.4) is 0 Å². The lowest BCUT2D eigenvalue weighted by Gasteiger charge is -1.79. The van der Waals surface area contributed by atoms with Crippen molar-refractivity contribution in [3.05, 3.63) is 0 Å². The average molecular weight is 76.1 g/mol. The second-order valence-corrected chi connectivity index (χ2v) is 1.73. The van der Waals surface area contributed by atoms with Gasteiger partial charge in [0.15, 0.2) is 0 Å². The summed E-state index contributed by atoms with van der Waals surface area (Å²) in [6.45, 7) is 6.50. The van der Waals surface area contributed by atoms with Gasteiger partial charge >= 0.3 is 0 Å². The largest absolute Gasteiger partial charge is 0.412 e. The van der Waals surface area contributed by atoms with Crippen molar-refractivity contribution in [2.45, 2.75) is 20.8 Å². The van der Waals surface area contributed by atoms with Crippen LogP contribution in [-0.4, -0.2) is 5.48 Å². The van der Waals surface area contributed by atoms with E-state index < -0.39 is 0 Å². The highest BCUT2D eigenvalue weighted by atomic mass is 16.0. The molecule has 0 heterocycles. The third kappa shape index (κ3) is 9510. The van der Waals surface area contributed by atoms with Crippen molar-refractivity contribution in [2.75, 3.05) is 0 Å². The van der Waals surface area contributed by atoms with Crippen molar-refractivity contribution in [3.63, 3.8) is 0 Å². The molecule has 0 unspecified atom stereocenters.